The molecule has 1 aliphatic heterocycles. The Bertz CT molecular complexity index is 258. The van der Waals surface area contributed by atoms with Gasteiger partial charge in [-0.15, -0.1) is 0 Å². The van der Waals surface area contributed by atoms with Gasteiger partial charge in [-0.05, 0) is 0 Å². The molecule has 1 fully saturated rings. The minimum Gasteiger partial charge on any atom is -1.00 e. The Hall–Kier alpha value is -0.278. The maximum atomic E-state index is 10.8. The van der Waals surface area contributed by atoms with Crippen LogP contribution in [0.1, 0.15) is 12.8 Å². The van der Waals surface area contributed by atoms with Crippen molar-refractivity contribution in [3.63, 3.8) is 0 Å². The van der Waals surface area contributed by atoms with E-state index in [2.05, 4.69) is 4.74 Å². The topological polar surface area (TPSA) is 61.8 Å². The number of ether oxygens (including phenoxy) is 3. The van der Waals surface area contributed by atoms with Crippen LogP contribution in [0.4, 0.5) is 9.59 Å². The first-order valence-corrected chi connectivity index (χ1v) is 4.00. The molecule has 0 radical (unpaired) electrons. The third kappa shape index (κ3) is 4.30. The predicted molar refractivity (Wildman–Crippen MR) is 40.0 cm³/mol. The van der Waals surface area contributed by atoms with Gasteiger partial charge in [-0.3, -0.25) is 0 Å². The maximum Gasteiger partial charge on any atom is 2.00 e. The molecule has 2 unspecified atom stereocenters. The van der Waals surface area contributed by atoms with Crippen molar-refractivity contribution in [2.45, 2.75) is 25.0 Å². The Kier molecular flexibility index (Phi) is 8.95. The van der Waals surface area contributed by atoms with Gasteiger partial charge in [0, 0.05) is 12.8 Å². The van der Waals surface area contributed by atoms with Crippen LogP contribution in [-0.2, 0) is 34.6 Å². The van der Waals surface area contributed by atoms with Crippen LogP contribution in [0, 0.1) is 0 Å². The molecule has 0 aromatic rings. The number of hydrogen-bond acceptors (Lipinski definition) is 5. The summed E-state index contributed by atoms with van der Waals surface area (Å²) in [7, 11) is 0. The Morgan fingerprint density at radius 3 is 1.69 bits per heavy atom. The summed E-state index contributed by atoms with van der Waals surface area (Å²) in [6.45, 7) is 0. The van der Waals surface area contributed by atoms with E-state index >= 15 is 0 Å². The molecule has 0 bridgehead atoms. The molecule has 2 atom stereocenters. The monoisotopic (exact) mass is 360 g/mol. The van der Waals surface area contributed by atoms with Crippen molar-refractivity contribution in [3.8, 4) is 0 Å². The van der Waals surface area contributed by atoms with Crippen LogP contribution in [-0.4, -0.2) is 24.5 Å². The zero-order chi connectivity index (χ0) is 9.26. The molecule has 0 amide bonds. The van der Waals surface area contributed by atoms with Crippen LogP contribution in [0.5, 0.6) is 0 Å². The molecule has 8 heteroatoms. The van der Waals surface area contributed by atoms with E-state index < -0.39 is 24.5 Å². The van der Waals surface area contributed by atoms with Gasteiger partial charge >= 0.3 is 32.7 Å². The van der Waals surface area contributed by atoms with Crippen molar-refractivity contribution in [1.82, 2.24) is 0 Å². The summed E-state index contributed by atoms with van der Waals surface area (Å²) in [6.07, 6.45) is 2.13. The molecule has 0 spiro atoms. The molecule has 0 aromatic heterocycles. The van der Waals surface area contributed by atoms with Crippen molar-refractivity contribution in [3.05, 3.63) is 12.2 Å². The Balaban J connectivity index is 0. The van der Waals surface area contributed by atoms with Gasteiger partial charge in [-0.1, -0.05) is 12.2 Å². The Morgan fingerprint density at radius 2 is 1.31 bits per heavy atom. The fraction of sp³-hybridized carbons (Fsp3) is 0.500. The van der Waals surface area contributed by atoms with Gasteiger partial charge in [0.15, 0.2) is 0 Å². The van der Waals surface area contributed by atoms with Crippen LogP contribution in [0.2, 0.25) is 0 Å². The number of rotatable bonds is 0. The molecule has 1 heterocycles. The van der Waals surface area contributed by atoms with Crippen LogP contribution in [0.15, 0.2) is 12.2 Å². The zero-order valence-electron chi connectivity index (χ0n) is 7.84. The zero-order valence-corrected chi connectivity index (χ0v) is 10.9. The summed E-state index contributed by atoms with van der Waals surface area (Å²) in [5.41, 5.74) is 0. The van der Waals surface area contributed by atoms with Crippen molar-refractivity contribution in [1.29, 1.82) is 0 Å². The largest absolute Gasteiger partial charge is 2.00 e. The number of hydrogen-bond donors (Lipinski definition) is 0. The van der Waals surface area contributed by atoms with Gasteiger partial charge in [0.1, 0.15) is 12.2 Å². The van der Waals surface area contributed by atoms with E-state index in [4.69, 9.17) is 9.47 Å². The third-order valence-electron chi connectivity index (χ3n) is 1.98. The van der Waals surface area contributed by atoms with Crippen LogP contribution in [0.25, 0.3) is 0 Å². The first-order chi connectivity index (χ1) is 6.25. The minimum atomic E-state index is -0.979. The third-order valence-corrected chi connectivity index (χ3v) is 1.98. The molecule has 0 N–H and O–H groups in total. The number of cyclic esters (lactones) is 2. The van der Waals surface area contributed by atoms with E-state index in [1.165, 1.54) is 0 Å². The molecule has 5 nitrogen and oxygen atoms in total. The number of halogens is 2. The predicted octanol–water partition coefficient (Wildman–Crippen LogP) is -4.62. The standard InChI is InChI=1S/C8H8O5.2ClH.Pd/c9-7-11-5-3-1-2-4-6(5)12-8(10)13-7;;;/h1-2,5-6H,3-4H2;2*1H;/q;;;+2/p-2. The molecular weight excluding hydrogens is 353 g/mol. The summed E-state index contributed by atoms with van der Waals surface area (Å²) in [5.74, 6) is 0. The van der Waals surface area contributed by atoms with E-state index in [0.29, 0.717) is 12.8 Å². The van der Waals surface area contributed by atoms with Gasteiger partial charge in [-0.25, -0.2) is 9.59 Å². The quantitative estimate of drug-likeness (QED) is 0.188. The van der Waals surface area contributed by atoms with Crippen molar-refractivity contribution in [2.75, 3.05) is 0 Å². The van der Waals surface area contributed by atoms with Crippen molar-refractivity contribution < 1.29 is 69.0 Å². The molecular formula is C8H8Cl2O5Pd. The molecule has 94 valence electrons. The van der Waals surface area contributed by atoms with Gasteiger partial charge < -0.3 is 39.0 Å². The second-order valence-electron chi connectivity index (χ2n) is 2.86. The fourth-order valence-corrected chi connectivity index (χ4v) is 1.38. The molecule has 1 saturated heterocycles. The van der Waals surface area contributed by atoms with Gasteiger partial charge in [0.2, 0.25) is 0 Å². The van der Waals surface area contributed by atoms with E-state index in [9.17, 15) is 9.59 Å². The molecule has 2 rings (SSSR count). The number of carbonyl (C=O) groups excluding carboxylic acids is 2. The Morgan fingerprint density at radius 1 is 0.938 bits per heavy atom. The summed E-state index contributed by atoms with van der Waals surface area (Å²) >= 11 is 0. The fourth-order valence-electron chi connectivity index (χ4n) is 1.38. The smallest absolute Gasteiger partial charge is 1.00 e. The summed E-state index contributed by atoms with van der Waals surface area (Å²) in [5, 5.41) is 0. The van der Waals surface area contributed by atoms with Crippen molar-refractivity contribution in [2.24, 2.45) is 0 Å². The summed E-state index contributed by atoms with van der Waals surface area (Å²) < 4.78 is 13.8. The van der Waals surface area contributed by atoms with E-state index in [1.54, 1.807) is 0 Å². The minimum absolute atomic E-state index is 0. The van der Waals surface area contributed by atoms with Crippen LogP contribution < -0.4 is 24.8 Å². The van der Waals surface area contributed by atoms with Gasteiger partial charge in [-0.2, -0.15) is 0 Å². The summed E-state index contributed by atoms with van der Waals surface area (Å²) in [6, 6.07) is 0. The van der Waals surface area contributed by atoms with E-state index in [1.807, 2.05) is 12.2 Å². The van der Waals surface area contributed by atoms with Crippen LogP contribution in [0.3, 0.4) is 0 Å². The second kappa shape index (κ2) is 7.91. The number of carbonyl (C=O) groups is 2. The average Bonchev–Trinajstić information content (AvgIpc) is 2.20. The average molecular weight is 361 g/mol. The molecule has 1 aliphatic carbocycles. The molecule has 0 saturated carbocycles. The van der Waals surface area contributed by atoms with Gasteiger partial charge in [0.05, 0.1) is 0 Å². The molecule has 2 aliphatic rings. The van der Waals surface area contributed by atoms with Crippen molar-refractivity contribution >= 4 is 12.3 Å². The second-order valence-corrected chi connectivity index (χ2v) is 2.86. The Labute approximate surface area is 118 Å². The summed E-state index contributed by atoms with van der Waals surface area (Å²) in [4.78, 5) is 21.6. The first-order valence-electron chi connectivity index (χ1n) is 4.00. The maximum absolute atomic E-state index is 10.8. The SMILES string of the molecule is O=C1OC(=O)OC2CC=CCC2O1.[Cl-].[Cl-].[Pd+2]. The van der Waals surface area contributed by atoms with E-state index in [-0.39, 0.29) is 45.2 Å². The number of fused-ring (bicyclic) bond motifs is 1. The van der Waals surface area contributed by atoms with Crippen LogP contribution >= 0.6 is 0 Å². The van der Waals surface area contributed by atoms with E-state index in [0.717, 1.165) is 0 Å². The van der Waals surface area contributed by atoms with Gasteiger partial charge in [0.25, 0.3) is 0 Å². The normalized spacial score (nSPS) is 26.2. The first kappa shape index (κ1) is 18.1. The molecule has 16 heavy (non-hydrogen) atoms. The molecule has 0 aromatic carbocycles.